The predicted molar refractivity (Wildman–Crippen MR) is 69.1 cm³/mol. The molecule has 0 fully saturated rings. The van der Waals surface area contributed by atoms with Crippen LogP contribution >= 0.6 is 0 Å². The van der Waals surface area contributed by atoms with Gasteiger partial charge in [-0.2, -0.15) is 0 Å². The van der Waals surface area contributed by atoms with Crippen LogP contribution in [0.15, 0.2) is 24.8 Å². The van der Waals surface area contributed by atoms with Gasteiger partial charge in [-0.25, -0.2) is 4.98 Å². The Balaban J connectivity index is 1.63. The molecule has 2 aromatic rings. The summed E-state index contributed by atoms with van der Waals surface area (Å²) < 4.78 is 4.01. The van der Waals surface area contributed by atoms with Crippen LogP contribution in [0, 0.1) is 6.92 Å². The van der Waals surface area contributed by atoms with Crippen molar-refractivity contribution in [2.24, 2.45) is 0 Å². The number of aryl methyl sites for hydroxylation is 2. The third-order valence-electron chi connectivity index (χ3n) is 3.03. The lowest BCUT2D eigenvalue weighted by Crippen LogP contribution is -2.30. The topological polar surface area (TPSA) is 60.6 Å². The molecule has 1 atom stereocenters. The second-order valence-corrected chi connectivity index (χ2v) is 4.48. The Morgan fingerprint density at radius 1 is 1.28 bits per heavy atom. The fraction of sp³-hybridized carbons (Fsp3) is 0.583. The van der Waals surface area contributed by atoms with Crippen LogP contribution in [-0.4, -0.2) is 37.1 Å². The molecular formula is C12H20N6. The molecule has 98 valence electrons. The molecule has 0 spiro atoms. The summed E-state index contributed by atoms with van der Waals surface area (Å²) in [5.41, 5.74) is 0. The average molecular weight is 248 g/mol. The minimum absolute atomic E-state index is 0.482. The first-order chi connectivity index (χ1) is 8.75. The number of nitrogens with zero attached hydrogens (tertiary/aromatic N) is 5. The Morgan fingerprint density at radius 3 is 2.83 bits per heavy atom. The van der Waals surface area contributed by atoms with Crippen LogP contribution in [0.2, 0.25) is 0 Å². The van der Waals surface area contributed by atoms with E-state index in [4.69, 9.17) is 0 Å². The van der Waals surface area contributed by atoms with Gasteiger partial charge in [0, 0.05) is 37.7 Å². The average Bonchev–Trinajstić information content (AvgIpc) is 2.98. The molecule has 0 saturated heterocycles. The van der Waals surface area contributed by atoms with Gasteiger partial charge < -0.3 is 9.88 Å². The monoisotopic (exact) mass is 248 g/mol. The molecule has 0 aliphatic rings. The van der Waals surface area contributed by atoms with Crippen molar-refractivity contribution in [3.05, 3.63) is 30.6 Å². The van der Waals surface area contributed by atoms with E-state index in [1.165, 1.54) is 0 Å². The molecule has 1 N–H and O–H groups in total. The van der Waals surface area contributed by atoms with Gasteiger partial charge >= 0.3 is 0 Å². The summed E-state index contributed by atoms with van der Waals surface area (Å²) >= 11 is 0. The van der Waals surface area contributed by atoms with Crippen LogP contribution in [0.25, 0.3) is 0 Å². The fourth-order valence-corrected chi connectivity index (χ4v) is 1.85. The van der Waals surface area contributed by atoms with Crippen molar-refractivity contribution in [3.8, 4) is 0 Å². The fourth-order valence-electron chi connectivity index (χ4n) is 1.85. The van der Waals surface area contributed by atoms with Gasteiger partial charge in [0.15, 0.2) is 0 Å². The smallest absolute Gasteiger partial charge is 0.105 e. The molecule has 6 nitrogen and oxygen atoms in total. The molecule has 0 aliphatic carbocycles. The van der Waals surface area contributed by atoms with Gasteiger partial charge in [0.25, 0.3) is 0 Å². The van der Waals surface area contributed by atoms with Gasteiger partial charge in [0.1, 0.15) is 5.82 Å². The molecule has 0 amide bonds. The maximum atomic E-state index is 4.21. The van der Waals surface area contributed by atoms with Crippen LogP contribution in [0.3, 0.4) is 0 Å². The number of imidazole rings is 1. The zero-order valence-electron chi connectivity index (χ0n) is 11.0. The van der Waals surface area contributed by atoms with Crippen molar-refractivity contribution >= 4 is 0 Å². The normalized spacial score (nSPS) is 12.8. The van der Waals surface area contributed by atoms with Gasteiger partial charge in [-0.3, -0.25) is 4.68 Å². The lowest BCUT2D eigenvalue weighted by Gasteiger charge is -2.14. The summed E-state index contributed by atoms with van der Waals surface area (Å²) in [6.45, 7) is 7.00. The highest BCUT2D eigenvalue weighted by Crippen LogP contribution is 2.00. The molecule has 0 aromatic carbocycles. The summed E-state index contributed by atoms with van der Waals surface area (Å²) in [7, 11) is 0. The van der Waals surface area contributed by atoms with Gasteiger partial charge in [0.2, 0.25) is 0 Å². The maximum absolute atomic E-state index is 4.21. The highest BCUT2D eigenvalue weighted by atomic mass is 15.4. The van der Waals surface area contributed by atoms with E-state index in [0.29, 0.717) is 6.04 Å². The Labute approximate surface area is 107 Å². The first-order valence-corrected chi connectivity index (χ1v) is 6.31. The third-order valence-corrected chi connectivity index (χ3v) is 3.03. The Bertz CT molecular complexity index is 447. The van der Waals surface area contributed by atoms with Crippen LogP contribution in [0.4, 0.5) is 0 Å². The molecule has 2 heterocycles. The van der Waals surface area contributed by atoms with Crippen LogP contribution in [0.1, 0.15) is 19.2 Å². The Kier molecular flexibility index (Phi) is 4.46. The molecule has 0 bridgehead atoms. The number of hydrogen-bond acceptors (Lipinski definition) is 4. The molecule has 2 rings (SSSR count). The summed E-state index contributed by atoms with van der Waals surface area (Å²) in [6, 6.07) is 0.482. The van der Waals surface area contributed by atoms with E-state index in [9.17, 15) is 0 Å². The minimum Gasteiger partial charge on any atom is -0.335 e. The molecule has 6 heteroatoms. The van der Waals surface area contributed by atoms with E-state index >= 15 is 0 Å². The van der Waals surface area contributed by atoms with Gasteiger partial charge in [-0.05, 0) is 20.3 Å². The van der Waals surface area contributed by atoms with Crippen molar-refractivity contribution in [3.63, 3.8) is 0 Å². The molecule has 0 aliphatic heterocycles. The highest BCUT2D eigenvalue weighted by Gasteiger charge is 2.03. The standard InChI is InChI=1S/C12H20N6/c1-11(3-7-17-8-4-14-12(17)2)13-5-9-18-10-6-15-16-18/h4,6,8,10-11,13H,3,5,7,9H2,1-2H3. The summed E-state index contributed by atoms with van der Waals surface area (Å²) in [6.07, 6.45) is 8.54. The van der Waals surface area contributed by atoms with E-state index in [-0.39, 0.29) is 0 Å². The van der Waals surface area contributed by atoms with E-state index in [0.717, 1.165) is 31.9 Å². The first kappa shape index (κ1) is 12.8. The summed E-state index contributed by atoms with van der Waals surface area (Å²) in [4.78, 5) is 4.21. The molecule has 0 saturated carbocycles. The van der Waals surface area contributed by atoms with Gasteiger partial charge in [-0.1, -0.05) is 5.21 Å². The number of nitrogens with one attached hydrogen (secondary N) is 1. The van der Waals surface area contributed by atoms with Gasteiger partial charge in [0.05, 0.1) is 12.7 Å². The van der Waals surface area contributed by atoms with E-state index < -0.39 is 0 Å². The maximum Gasteiger partial charge on any atom is 0.105 e. The van der Waals surface area contributed by atoms with Crippen molar-refractivity contribution in [1.29, 1.82) is 0 Å². The molecule has 2 aromatic heterocycles. The lowest BCUT2D eigenvalue weighted by atomic mass is 10.2. The molecule has 18 heavy (non-hydrogen) atoms. The predicted octanol–water partition coefficient (Wildman–Crippen LogP) is 0.851. The third kappa shape index (κ3) is 3.66. The zero-order chi connectivity index (χ0) is 12.8. The highest BCUT2D eigenvalue weighted by molar-refractivity contribution is 4.88. The second-order valence-electron chi connectivity index (χ2n) is 4.48. The van der Waals surface area contributed by atoms with Crippen molar-refractivity contribution in [2.75, 3.05) is 6.54 Å². The summed E-state index contributed by atoms with van der Waals surface area (Å²) in [5.74, 6) is 1.07. The first-order valence-electron chi connectivity index (χ1n) is 6.31. The lowest BCUT2D eigenvalue weighted by molar-refractivity contribution is 0.446. The van der Waals surface area contributed by atoms with Gasteiger partial charge in [-0.15, -0.1) is 5.10 Å². The largest absolute Gasteiger partial charge is 0.335 e. The Morgan fingerprint density at radius 2 is 2.17 bits per heavy atom. The van der Waals surface area contributed by atoms with Crippen LogP contribution in [0.5, 0.6) is 0 Å². The number of aromatic nitrogens is 5. The quantitative estimate of drug-likeness (QED) is 0.789. The number of hydrogen-bond donors (Lipinski definition) is 1. The minimum atomic E-state index is 0.482. The molecular weight excluding hydrogens is 228 g/mol. The van der Waals surface area contributed by atoms with Crippen molar-refractivity contribution in [2.45, 2.75) is 39.4 Å². The van der Waals surface area contributed by atoms with Crippen molar-refractivity contribution < 1.29 is 0 Å². The zero-order valence-corrected chi connectivity index (χ0v) is 11.0. The van der Waals surface area contributed by atoms with E-state index in [2.05, 4.69) is 32.1 Å². The molecule has 0 radical (unpaired) electrons. The van der Waals surface area contributed by atoms with Crippen LogP contribution < -0.4 is 5.32 Å². The second kappa shape index (κ2) is 6.30. The molecule has 1 unspecified atom stereocenters. The Hall–Kier alpha value is -1.69. The number of rotatable bonds is 7. The van der Waals surface area contributed by atoms with E-state index in [1.54, 1.807) is 6.20 Å². The summed E-state index contributed by atoms with van der Waals surface area (Å²) in [5, 5.41) is 11.2. The van der Waals surface area contributed by atoms with Crippen LogP contribution in [-0.2, 0) is 13.1 Å². The SMILES string of the molecule is Cc1nccn1CCC(C)NCCn1ccnn1. The van der Waals surface area contributed by atoms with Crippen molar-refractivity contribution in [1.82, 2.24) is 29.9 Å². The van der Waals surface area contributed by atoms with E-state index in [1.807, 2.05) is 30.2 Å².